The number of aromatic nitrogens is 1. The fourth-order valence-electron chi connectivity index (χ4n) is 2.70. The number of Topliss-reactive ketones (excluding diaryl/α,β-unsaturated/α-hetero) is 1. The van der Waals surface area contributed by atoms with E-state index in [1.807, 2.05) is 37.4 Å². The summed E-state index contributed by atoms with van der Waals surface area (Å²) in [5.41, 5.74) is 2.88. The Labute approximate surface area is 134 Å². The van der Waals surface area contributed by atoms with E-state index in [-0.39, 0.29) is 11.7 Å². The molecule has 3 rings (SSSR count). The SMILES string of the molecule is CCn1cc(C(=O)Nc2cccc(C(C)=O)c2)c2ccccc21. The maximum atomic E-state index is 12.6. The number of hydrogen-bond acceptors (Lipinski definition) is 2. The Bertz CT molecular complexity index is 893. The summed E-state index contributed by atoms with van der Waals surface area (Å²) in [4.78, 5) is 24.1. The topological polar surface area (TPSA) is 51.1 Å². The zero-order chi connectivity index (χ0) is 16.4. The molecule has 1 N–H and O–H groups in total. The number of carbonyl (C=O) groups excluding carboxylic acids is 2. The third kappa shape index (κ3) is 2.88. The molecule has 1 aromatic heterocycles. The van der Waals surface area contributed by atoms with Gasteiger partial charge in [0.15, 0.2) is 5.78 Å². The van der Waals surface area contributed by atoms with Crippen molar-refractivity contribution in [2.24, 2.45) is 0 Å². The van der Waals surface area contributed by atoms with Crippen molar-refractivity contribution in [3.05, 3.63) is 65.9 Å². The first-order valence-corrected chi connectivity index (χ1v) is 7.60. The fraction of sp³-hybridized carbons (Fsp3) is 0.158. The van der Waals surface area contributed by atoms with Crippen LogP contribution in [0.3, 0.4) is 0 Å². The summed E-state index contributed by atoms with van der Waals surface area (Å²) in [6.07, 6.45) is 1.87. The van der Waals surface area contributed by atoms with E-state index in [1.54, 1.807) is 24.3 Å². The van der Waals surface area contributed by atoms with Crippen LogP contribution in [-0.2, 0) is 6.54 Å². The number of hydrogen-bond donors (Lipinski definition) is 1. The van der Waals surface area contributed by atoms with Gasteiger partial charge in [-0.2, -0.15) is 0 Å². The van der Waals surface area contributed by atoms with E-state index in [0.29, 0.717) is 16.8 Å². The van der Waals surface area contributed by atoms with Crippen LogP contribution >= 0.6 is 0 Å². The van der Waals surface area contributed by atoms with Crippen LogP contribution in [0.2, 0.25) is 0 Å². The molecule has 4 heteroatoms. The van der Waals surface area contributed by atoms with Gasteiger partial charge in [-0.05, 0) is 32.0 Å². The highest BCUT2D eigenvalue weighted by atomic mass is 16.1. The van der Waals surface area contributed by atoms with Crippen molar-refractivity contribution in [1.82, 2.24) is 4.57 Å². The van der Waals surface area contributed by atoms with Crippen LogP contribution in [0.15, 0.2) is 54.7 Å². The summed E-state index contributed by atoms with van der Waals surface area (Å²) in [7, 11) is 0. The monoisotopic (exact) mass is 306 g/mol. The summed E-state index contributed by atoms with van der Waals surface area (Å²) >= 11 is 0. The Morgan fingerprint density at radius 2 is 1.87 bits per heavy atom. The Morgan fingerprint density at radius 1 is 1.09 bits per heavy atom. The van der Waals surface area contributed by atoms with Crippen molar-refractivity contribution in [1.29, 1.82) is 0 Å². The molecule has 4 nitrogen and oxygen atoms in total. The van der Waals surface area contributed by atoms with Gasteiger partial charge in [-0.3, -0.25) is 9.59 Å². The third-order valence-electron chi connectivity index (χ3n) is 3.90. The van der Waals surface area contributed by atoms with Gasteiger partial charge in [0.05, 0.1) is 5.56 Å². The molecule has 0 radical (unpaired) electrons. The molecule has 0 saturated heterocycles. The van der Waals surface area contributed by atoms with Crippen LogP contribution in [0.25, 0.3) is 10.9 Å². The predicted molar refractivity (Wildman–Crippen MR) is 92.0 cm³/mol. The van der Waals surface area contributed by atoms with Crippen LogP contribution in [0, 0.1) is 0 Å². The molecular weight excluding hydrogens is 288 g/mol. The summed E-state index contributed by atoms with van der Waals surface area (Å²) in [5, 5.41) is 3.80. The molecule has 1 amide bonds. The van der Waals surface area contributed by atoms with Gasteiger partial charge in [0.2, 0.25) is 0 Å². The van der Waals surface area contributed by atoms with Gasteiger partial charge < -0.3 is 9.88 Å². The second-order valence-electron chi connectivity index (χ2n) is 5.44. The summed E-state index contributed by atoms with van der Waals surface area (Å²) in [6.45, 7) is 4.36. The lowest BCUT2D eigenvalue weighted by Crippen LogP contribution is -2.12. The number of anilines is 1. The van der Waals surface area contributed by atoms with Crippen molar-refractivity contribution in [2.75, 3.05) is 5.32 Å². The normalized spacial score (nSPS) is 10.7. The number of carbonyl (C=O) groups is 2. The molecule has 0 saturated carbocycles. The van der Waals surface area contributed by atoms with E-state index >= 15 is 0 Å². The van der Waals surface area contributed by atoms with E-state index in [9.17, 15) is 9.59 Å². The number of ketones is 1. The van der Waals surface area contributed by atoms with Gasteiger partial charge >= 0.3 is 0 Å². The molecule has 0 aliphatic rings. The molecule has 116 valence electrons. The van der Waals surface area contributed by atoms with E-state index in [0.717, 1.165) is 17.4 Å². The third-order valence-corrected chi connectivity index (χ3v) is 3.90. The van der Waals surface area contributed by atoms with Gasteiger partial charge in [-0.25, -0.2) is 0 Å². The van der Waals surface area contributed by atoms with Crippen molar-refractivity contribution in [3.63, 3.8) is 0 Å². The molecule has 0 atom stereocenters. The lowest BCUT2D eigenvalue weighted by atomic mass is 10.1. The average Bonchev–Trinajstić information content (AvgIpc) is 2.94. The minimum Gasteiger partial charge on any atom is -0.347 e. The molecule has 0 spiro atoms. The highest BCUT2D eigenvalue weighted by Gasteiger charge is 2.14. The van der Waals surface area contributed by atoms with Crippen LogP contribution in [0.5, 0.6) is 0 Å². The van der Waals surface area contributed by atoms with Crippen molar-refractivity contribution >= 4 is 28.3 Å². The molecule has 0 aliphatic carbocycles. The minimum absolute atomic E-state index is 0.0244. The summed E-state index contributed by atoms with van der Waals surface area (Å²) < 4.78 is 2.05. The highest BCUT2D eigenvalue weighted by molar-refractivity contribution is 6.13. The second-order valence-corrected chi connectivity index (χ2v) is 5.44. The summed E-state index contributed by atoms with van der Waals surface area (Å²) in [5.74, 6) is -0.196. The van der Waals surface area contributed by atoms with E-state index < -0.39 is 0 Å². The largest absolute Gasteiger partial charge is 0.347 e. The fourth-order valence-corrected chi connectivity index (χ4v) is 2.70. The first-order valence-electron chi connectivity index (χ1n) is 7.60. The van der Waals surface area contributed by atoms with Gasteiger partial charge in [-0.15, -0.1) is 0 Å². The van der Waals surface area contributed by atoms with E-state index in [1.165, 1.54) is 6.92 Å². The number of para-hydroxylation sites is 1. The smallest absolute Gasteiger partial charge is 0.257 e. The Kier molecular flexibility index (Phi) is 3.98. The quantitative estimate of drug-likeness (QED) is 0.737. The van der Waals surface area contributed by atoms with Crippen LogP contribution in [0.4, 0.5) is 5.69 Å². The molecule has 0 aliphatic heterocycles. The van der Waals surface area contributed by atoms with Crippen molar-refractivity contribution < 1.29 is 9.59 Å². The van der Waals surface area contributed by atoms with Crippen LogP contribution in [0.1, 0.15) is 34.6 Å². The second kappa shape index (κ2) is 6.08. The summed E-state index contributed by atoms with van der Waals surface area (Å²) in [6, 6.07) is 14.8. The average molecular weight is 306 g/mol. The molecule has 1 heterocycles. The maximum Gasteiger partial charge on any atom is 0.257 e. The zero-order valence-electron chi connectivity index (χ0n) is 13.2. The van der Waals surface area contributed by atoms with Crippen LogP contribution < -0.4 is 5.32 Å². The standard InChI is InChI=1S/C19H18N2O2/c1-3-21-12-17(16-9-4-5-10-18(16)21)19(23)20-15-8-6-7-14(11-15)13(2)22/h4-12H,3H2,1-2H3,(H,20,23). The number of fused-ring (bicyclic) bond motifs is 1. The number of nitrogens with zero attached hydrogens (tertiary/aromatic N) is 1. The number of aryl methyl sites for hydroxylation is 1. The molecule has 3 aromatic rings. The lowest BCUT2D eigenvalue weighted by Gasteiger charge is -2.05. The van der Waals surface area contributed by atoms with Gasteiger partial charge in [-0.1, -0.05) is 30.3 Å². The van der Waals surface area contributed by atoms with Gasteiger partial charge in [0.1, 0.15) is 0 Å². The molecule has 2 aromatic carbocycles. The first-order chi connectivity index (χ1) is 11.1. The highest BCUT2D eigenvalue weighted by Crippen LogP contribution is 2.22. The number of nitrogens with one attached hydrogen (secondary N) is 1. The Hall–Kier alpha value is -2.88. The van der Waals surface area contributed by atoms with Crippen molar-refractivity contribution in [2.45, 2.75) is 20.4 Å². The number of benzene rings is 2. The van der Waals surface area contributed by atoms with E-state index in [4.69, 9.17) is 0 Å². The molecule has 23 heavy (non-hydrogen) atoms. The van der Waals surface area contributed by atoms with Gasteiger partial charge in [0.25, 0.3) is 5.91 Å². The van der Waals surface area contributed by atoms with Crippen molar-refractivity contribution in [3.8, 4) is 0 Å². The molecule has 0 unspecified atom stereocenters. The predicted octanol–water partition coefficient (Wildman–Crippen LogP) is 4.12. The number of rotatable bonds is 4. The molecule has 0 fully saturated rings. The Balaban J connectivity index is 1.95. The molecule has 0 bridgehead atoms. The first kappa shape index (κ1) is 15.0. The number of amides is 1. The Morgan fingerprint density at radius 3 is 2.61 bits per heavy atom. The molecular formula is C19H18N2O2. The lowest BCUT2D eigenvalue weighted by molar-refractivity contribution is 0.101. The van der Waals surface area contributed by atoms with Gasteiger partial charge in [0, 0.05) is 34.9 Å². The minimum atomic E-state index is -0.172. The van der Waals surface area contributed by atoms with Crippen LogP contribution in [-0.4, -0.2) is 16.3 Å². The maximum absolute atomic E-state index is 12.6. The van der Waals surface area contributed by atoms with E-state index in [2.05, 4.69) is 9.88 Å². The zero-order valence-corrected chi connectivity index (χ0v) is 13.2.